The Balaban J connectivity index is 2.59. The summed E-state index contributed by atoms with van der Waals surface area (Å²) in [6.45, 7) is 0.348. The summed E-state index contributed by atoms with van der Waals surface area (Å²) in [6, 6.07) is 2.84. The number of nitrogens with one attached hydrogen (secondary N) is 1. The van der Waals surface area contributed by atoms with Crippen LogP contribution < -0.4 is 5.43 Å². The van der Waals surface area contributed by atoms with E-state index in [0.29, 0.717) is 18.7 Å². The molecule has 1 heterocycles. The first-order valence-corrected chi connectivity index (χ1v) is 4.01. The van der Waals surface area contributed by atoms with Crippen LogP contribution in [-0.2, 0) is 0 Å². The largest absolute Gasteiger partial charge is 0.355 e. The zero-order valence-corrected chi connectivity index (χ0v) is 7.40. The zero-order chi connectivity index (χ0) is 10.2. The predicted molar refractivity (Wildman–Crippen MR) is 52.6 cm³/mol. The maximum atomic E-state index is 10.9. The van der Waals surface area contributed by atoms with Gasteiger partial charge in [-0.3, -0.25) is 4.79 Å². The molecule has 0 unspecified atom stereocenters. The number of aromatic amines is 1. The lowest BCUT2D eigenvalue weighted by molar-refractivity contribution is 1.01. The van der Waals surface area contributed by atoms with Crippen molar-refractivity contribution in [2.24, 2.45) is 5.11 Å². The van der Waals surface area contributed by atoms with Crippen LogP contribution in [-0.4, -0.2) is 11.5 Å². The van der Waals surface area contributed by atoms with Crippen molar-refractivity contribution in [2.75, 3.05) is 6.54 Å². The second-order valence-corrected chi connectivity index (χ2v) is 2.44. The van der Waals surface area contributed by atoms with Gasteiger partial charge in [0.15, 0.2) is 5.43 Å². The highest BCUT2D eigenvalue weighted by atomic mass is 16.1. The number of pyridine rings is 1. The first kappa shape index (κ1) is 9.90. The molecule has 1 aromatic heterocycles. The monoisotopic (exact) mass is 188 g/mol. The molecule has 5 nitrogen and oxygen atoms in total. The van der Waals surface area contributed by atoms with Gasteiger partial charge in [0.2, 0.25) is 0 Å². The number of hydrogen-bond acceptors (Lipinski definition) is 2. The number of nitrogens with zero attached hydrogens (tertiary/aromatic N) is 3. The maximum Gasteiger partial charge on any atom is 0.182 e. The molecule has 0 saturated carbocycles. The second-order valence-electron chi connectivity index (χ2n) is 2.44. The summed E-state index contributed by atoms with van der Waals surface area (Å²) in [5.74, 6) is 5.53. The zero-order valence-electron chi connectivity index (χ0n) is 7.40. The number of hydrogen-bond donors (Lipinski definition) is 1. The van der Waals surface area contributed by atoms with Crippen LogP contribution in [0.2, 0.25) is 0 Å². The molecule has 1 N–H and O–H groups in total. The minimum absolute atomic E-state index is 0.0805. The normalized spacial score (nSPS) is 8.29. The number of aromatic nitrogens is 1. The van der Waals surface area contributed by atoms with Crippen molar-refractivity contribution in [2.45, 2.75) is 6.42 Å². The minimum Gasteiger partial charge on any atom is -0.355 e. The fourth-order valence-electron chi connectivity index (χ4n) is 0.826. The van der Waals surface area contributed by atoms with Crippen LogP contribution >= 0.6 is 0 Å². The van der Waals surface area contributed by atoms with Crippen LogP contribution in [0.3, 0.4) is 0 Å². The Labute approximate surface area is 80.4 Å². The molecule has 0 bridgehead atoms. The van der Waals surface area contributed by atoms with Gasteiger partial charge in [-0.25, -0.2) is 0 Å². The molecular weight excluding hydrogens is 180 g/mol. The molecule has 0 aliphatic heterocycles. The molecule has 0 saturated heterocycles. The van der Waals surface area contributed by atoms with Crippen molar-refractivity contribution < 1.29 is 0 Å². The van der Waals surface area contributed by atoms with Crippen molar-refractivity contribution >= 4 is 0 Å². The average Bonchev–Trinajstić information content (AvgIpc) is 2.18. The van der Waals surface area contributed by atoms with Gasteiger partial charge in [0, 0.05) is 36.2 Å². The third-order valence-corrected chi connectivity index (χ3v) is 1.40. The van der Waals surface area contributed by atoms with Gasteiger partial charge in [0.05, 0.1) is 5.69 Å². The predicted octanol–water partition coefficient (Wildman–Crippen LogP) is 1.43. The Morgan fingerprint density at radius 2 is 2.50 bits per heavy atom. The van der Waals surface area contributed by atoms with Crippen LogP contribution in [0.15, 0.2) is 28.2 Å². The second kappa shape index (κ2) is 5.46. The lowest BCUT2D eigenvalue weighted by Crippen LogP contribution is -1.97. The molecule has 14 heavy (non-hydrogen) atoms. The van der Waals surface area contributed by atoms with Gasteiger partial charge in [0.1, 0.15) is 0 Å². The highest BCUT2D eigenvalue weighted by molar-refractivity contribution is 5.26. The molecule has 0 fully saturated rings. The number of rotatable bonds is 2. The van der Waals surface area contributed by atoms with Crippen molar-refractivity contribution in [1.82, 2.24) is 4.98 Å². The highest BCUT2D eigenvalue weighted by Crippen LogP contribution is 1.85. The van der Waals surface area contributed by atoms with Gasteiger partial charge in [-0.2, -0.15) is 0 Å². The van der Waals surface area contributed by atoms with Crippen LogP contribution in [0.1, 0.15) is 12.1 Å². The first-order chi connectivity index (χ1) is 6.83. The van der Waals surface area contributed by atoms with E-state index in [9.17, 15) is 4.79 Å². The van der Waals surface area contributed by atoms with Crippen molar-refractivity contribution in [3.05, 3.63) is 44.7 Å². The molecule has 0 aliphatic rings. The topological polar surface area (TPSA) is 81.6 Å². The molecule has 0 spiro atoms. The van der Waals surface area contributed by atoms with Gasteiger partial charge in [0.25, 0.3) is 0 Å². The molecule has 70 valence electrons. The van der Waals surface area contributed by atoms with E-state index in [4.69, 9.17) is 5.53 Å². The van der Waals surface area contributed by atoms with Crippen LogP contribution in [0.4, 0.5) is 0 Å². The van der Waals surface area contributed by atoms with Gasteiger partial charge in [-0.05, 0) is 11.5 Å². The summed E-state index contributed by atoms with van der Waals surface area (Å²) in [6.07, 6.45) is 2.03. The molecule has 1 rings (SSSR count). The van der Waals surface area contributed by atoms with Crippen LogP contribution in [0.25, 0.3) is 10.4 Å². The molecule has 0 atom stereocenters. The molecule has 5 heteroatoms. The Morgan fingerprint density at radius 3 is 3.21 bits per heavy atom. The quantitative estimate of drug-likeness (QED) is 0.246. The fraction of sp³-hybridized carbons (Fsp3) is 0.222. The number of H-pyrrole nitrogens is 1. The summed E-state index contributed by atoms with van der Waals surface area (Å²) in [5.41, 5.74) is 8.47. The molecule has 1 aromatic rings. The van der Waals surface area contributed by atoms with Gasteiger partial charge >= 0.3 is 0 Å². The third kappa shape index (κ3) is 3.48. The van der Waals surface area contributed by atoms with E-state index in [1.807, 2.05) is 0 Å². The SMILES string of the molecule is [N-]=[N+]=NCCC#Cc1cc(=O)cc[nH]1. The van der Waals surface area contributed by atoms with E-state index in [2.05, 4.69) is 26.9 Å². The van der Waals surface area contributed by atoms with Gasteiger partial charge < -0.3 is 4.98 Å². The molecule has 0 aliphatic carbocycles. The third-order valence-electron chi connectivity index (χ3n) is 1.40. The van der Waals surface area contributed by atoms with E-state index >= 15 is 0 Å². The van der Waals surface area contributed by atoms with Crippen LogP contribution in [0, 0.1) is 11.8 Å². The summed E-state index contributed by atoms with van der Waals surface area (Å²) >= 11 is 0. The van der Waals surface area contributed by atoms with Crippen molar-refractivity contribution in [1.29, 1.82) is 0 Å². The van der Waals surface area contributed by atoms with E-state index < -0.39 is 0 Å². The van der Waals surface area contributed by atoms with E-state index in [1.165, 1.54) is 12.1 Å². The van der Waals surface area contributed by atoms with Gasteiger partial charge in [-0.15, -0.1) is 0 Å². The van der Waals surface area contributed by atoms with Crippen molar-refractivity contribution in [3.8, 4) is 11.8 Å². The smallest absolute Gasteiger partial charge is 0.182 e. The summed E-state index contributed by atoms with van der Waals surface area (Å²) < 4.78 is 0. The van der Waals surface area contributed by atoms with Crippen LogP contribution in [0.5, 0.6) is 0 Å². The van der Waals surface area contributed by atoms with Gasteiger partial charge in [-0.1, -0.05) is 11.0 Å². The summed E-state index contributed by atoms with van der Waals surface area (Å²) in [5, 5.41) is 3.33. The van der Waals surface area contributed by atoms with E-state index in [-0.39, 0.29) is 5.43 Å². The Bertz CT molecular complexity index is 459. The standard InChI is InChI=1S/C9H8N4O/c10-13-12-5-2-1-3-8-7-9(14)4-6-11-8/h4,6-7H,2,5H2,(H,11,14). The van der Waals surface area contributed by atoms with Crippen molar-refractivity contribution in [3.63, 3.8) is 0 Å². The van der Waals surface area contributed by atoms with E-state index in [1.54, 1.807) is 6.20 Å². The fourth-order valence-corrected chi connectivity index (χ4v) is 0.826. The Hall–Kier alpha value is -2.18. The summed E-state index contributed by atoms with van der Waals surface area (Å²) in [4.78, 5) is 16.3. The molecule has 0 amide bonds. The number of azide groups is 1. The van der Waals surface area contributed by atoms with E-state index in [0.717, 1.165) is 0 Å². The lowest BCUT2D eigenvalue weighted by Gasteiger charge is -1.87. The summed E-state index contributed by atoms with van der Waals surface area (Å²) in [7, 11) is 0. The maximum absolute atomic E-state index is 10.9. The minimum atomic E-state index is -0.0805. The molecular formula is C9H8N4O. The average molecular weight is 188 g/mol. The lowest BCUT2D eigenvalue weighted by atomic mass is 10.3. The molecule has 0 radical (unpaired) electrons. The highest BCUT2D eigenvalue weighted by Gasteiger charge is 1.85. The Kier molecular flexibility index (Phi) is 3.86. The first-order valence-electron chi connectivity index (χ1n) is 4.01. The molecule has 0 aromatic carbocycles. The Morgan fingerprint density at radius 1 is 1.64 bits per heavy atom.